The topological polar surface area (TPSA) is 26.3 Å². The maximum Gasteiger partial charge on any atom is 0.188 e. The van der Waals surface area contributed by atoms with Crippen LogP contribution >= 0.6 is 0 Å². The normalized spacial score (nSPS) is 10.5. The van der Waals surface area contributed by atoms with E-state index in [9.17, 15) is 4.79 Å². The van der Waals surface area contributed by atoms with Crippen LogP contribution in [0.25, 0.3) is 0 Å². The van der Waals surface area contributed by atoms with Gasteiger partial charge in [-0.1, -0.05) is 51.0 Å². The Morgan fingerprint density at radius 3 is 2.41 bits per heavy atom. The monoisotopic (exact) mass is 234 g/mol. The summed E-state index contributed by atoms with van der Waals surface area (Å²) in [7, 11) is 0. The van der Waals surface area contributed by atoms with E-state index in [0.717, 1.165) is 31.2 Å². The van der Waals surface area contributed by atoms with Crippen molar-refractivity contribution in [1.29, 1.82) is 0 Å². The number of carbonyl (C=O) groups excluding carboxylic acids is 1. The Kier molecular flexibility index (Phi) is 6.56. The number of hydrogen-bond donors (Lipinski definition) is 0. The molecule has 2 heteroatoms. The fourth-order valence-corrected chi connectivity index (χ4v) is 1.64. The lowest BCUT2D eigenvalue weighted by Crippen LogP contribution is -2.09. The Hall–Kier alpha value is -1.15. The maximum absolute atomic E-state index is 11.8. The number of benzene rings is 1. The molecule has 1 aromatic rings. The maximum atomic E-state index is 11.8. The Morgan fingerprint density at radius 2 is 1.82 bits per heavy atom. The van der Waals surface area contributed by atoms with Gasteiger partial charge in [0.25, 0.3) is 0 Å². The van der Waals surface area contributed by atoms with Gasteiger partial charge in [-0.2, -0.15) is 0 Å². The summed E-state index contributed by atoms with van der Waals surface area (Å²) in [5, 5.41) is 0. The van der Waals surface area contributed by atoms with E-state index in [1.807, 2.05) is 24.3 Å². The number of ketones is 1. The van der Waals surface area contributed by atoms with Gasteiger partial charge in [0.05, 0.1) is 0 Å². The molecule has 0 aromatic heterocycles. The van der Waals surface area contributed by atoms with Gasteiger partial charge in [0.2, 0.25) is 0 Å². The number of Topliss-reactive ketones (excluding diaryl/α,β-unsaturated/α-hetero) is 1. The summed E-state index contributed by atoms with van der Waals surface area (Å²) in [6.07, 6.45) is 4.32. The van der Waals surface area contributed by atoms with Crippen LogP contribution in [0.1, 0.15) is 49.0 Å². The standard InChI is InChI=1S/C15H22O2/c1-3-5-11-17-12-15(16)14-9-7-13(6-4-2)8-10-14/h7-10H,3-6,11-12H2,1-2H3. The summed E-state index contributed by atoms with van der Waals surface area (Å²) in [5.41, 5.74) is 2.04. The summed E-state index contributed by atoms with van der Waals surface area (Å²) in [5.74, 6) is 0.0733. The summed E-state index contributed by atoms with van der Waals surface area (Å²) in [4.78, 5) is 11.8. The zero-order valence-electron chi connectivity index (χ0n) is 10.9. The van der Waals surface area contributed by atoms with Crippen molar-refractivity contribution in [2.75, 3.05) is 13.2 Å². The first-order chi connectivity index (χ1) is 8.27. The molecule has 0 aliphatic carbocycles. The van der Waals surface area contributed by atoms with Crippen LogP contribution in [0.15, 0.2) is 24.3 Å². The molecule has 0 saturated heterocycles. The molecule has 1 rings (SSSR count). The van der Waals surface area contributed by atoms with Gasteiger partial charge in [-0.25, -0.2) is 0 Å². The predicted molar refractivity (Wildman–Crippen MR) is 70.5 cm³/mol. The second-order valence-electron chi connectivity index (χ2n) is 4.28. The molecule has 0 unspecified atom stereocenters. The molecular formula is C15H22O2. The van der Waals surface area contributed by atoms with Gasteiger partial charge in [-0.3, -0.25) is 4.79 Å². The van der Waals surface area contributed by atoms with Gasteiger partial charge in [-0.15, -0.1) is 0 Å². The number of ether oxygens (including phenoxy) is 1. The Morgan fingerprint density at radius 1 is 1.12 bits per heavy atom. The third-order valence-electron chi connectivity index (χ3n) is 2.69. The molecule has 0 heterocycles. The third-order valence-corrected chi connectivity index (χ3v) is 2.69. The average Bonchev–Trinajstić information content (AvgIpc) is 2.36. The molecule has 0 fully saturated rings. The molecule has 0 aliphatic heterocycles. The fraction of sp³-hybridized carbons (Fsp3) is 0.533. The van der Waals surface area contributed by atoms with Crippen LogP contribution in [0.5, 0.6) is 0 Å². The van der Waals surface area contributed by atoms with Crippen LogP contribution in [0, 0.1) is 0 Å². The number of carbonyl (C=O) groups is 1. The Bertz CT molecular complexity index is 327. The minimum absolute atomic E-state index is 0.0733. The van der Waals surface area contributed by atoms with E-state index in [2.05, 4.69) is 13.8 Å². The van der Waals surface area contributed by atoms with Crippen LogP contribution in [-0.4, -0.2) is 19.0 Å². The molecule has 0 atom stereocenters. The van der Waals surface area contributed by atoms with Crippen LogP contribution in [0.2, 0.25) is 0 Å². The smallest absolute Gasteiger partial charge is 0.188 e. The molecule has 17 heavy (non-hydrogen) atoms. The van der Waals surface area contributed by atoms with Crippen molar-refractivity contribution in [3.8, 4) is 0 Å². The summed E-state index contributed by atoms with van der Waals surface area (Å²) >= 11 is 0. The van der Waals surface area contributed by atoms with E-state index in [1.165, 1.54) is 5.56 Å². The van der Waals surface area contributed by atoms with Crippen molar-refractivity contribution in [3.63, 3.8) is 0 Å². The molecule has 0 radical (unpaired) electrons. The molecule has 0 spiro atoms. The number of hydrogen-bond acceptors (Lipinski definition) is 2. The first kappa shape index (κ1) is 13.9. The molecule has 94 valence electrons. The zero-order chi connectivity index (χ0) is 12.5. The van der Waals surface area contributed by atoms with E-state index in [4.69, 9.17) is 4.74 Å². The van der Waals surface area contributed by atoms with Gasteiger partial charge in [-0.05, 0) is 18.4 Å². The fourth-order valence-electron chi connectivity index (χ4n) is 1.64. The number of unbranched alkanes of at least 4 members (excludes halogenated alkanes) is 1. The third kappa shape index (κ3) is 5.14. The molecule has 0 aliphatic rings. The van der Waals surface area contributed by atoms with Gasteiger partial charge in [0.1, 0.15) is 6.61 Å². The highest BCUT2D eigenvalue weighted by Gasteiger charge is 2.05. The summed E-state index contributed by atoms with van der Waals surface area (Å²) in [6, 6.07) is 7.86. The Labute approximate surface area is 104 Å². The Balaban J connectivity index is 2.40. The van der Waals surface area contributed by atoms with E-state index in [-0.39, 0.29) is 12.4 Å². The minimum atomic E-state index is 0.0733. The molecule has 1 aromatic carbocycles. The van der Waals surface area contributed by atoms with Gasteiger partial charge >= 0.3 is 0 Å². The van der Waals surface area contributed by atoms with Crippen LogP contribution < -0.4 is 0 Å². The lowest BCUT2D eigenvalue weighted by Gasteiger charge is -2.04. The lowest BCUT2D eigenvalue weighted by atomic mass is 10.1. The van der Waals surface area contributed by atoms with Crippen LogP contribution in [0.3, 0.4) is 0 Å². The van der Waals surface area contributed by atoms with E-state index in [1.54, 1.807) is 0 Å². The van der Waals surface area contributed by atoms with E-state index in [0.29, 0.717) is 6.61 Å². The molecule has 0 bridgehead atoms. The van der Waals surface area contributed by atoms with Crippen molar-refractivity contribution in [2.24, 2.45) is 0 Å². The second kappa shape index (κ2) is 8.02. The summed E-state index contributed by atoms with van der Waals surface area (Å²) < 4.78 is 5.32. The molecule has 0 saturated carbocycles. The van der Waals surface area contributed by atoms with E-state index < -0.39 is 0 Å². The minimum Gasteiger partial charge on any atom is -0.373 e. The highest BCUT2D eigenvalue weighted by atomic mass is 16.5. The van der Waals surface area contributed by atoms with Crippen molar-refractivity contribution >= 4 is 5.78 Å². The van der Waals surface area contributed by atoms with Crippen molar-refractivity contribution < 1.29 is 9.53 Å². The second-order valence-corrected chi connectivity index (χ2v) is 4.28. The van der Waals surface area contributed by atoms with E-state index >= 15 is 0 Å². The lowest BCUT2D eigenvalue weighted by molar-refractivity contribution is 0.0754. The number of rotatable bonds is 8. The quantitative estimate of drug-likeness (QED) is 0.507. The van der Waals surface area contributed by atoms with Gasteiger partial charge < -0.3 is 4.74 Å². The van der Waals surface area contributed by atoms with Crippen molar-refractivity contribution in [1.82, 2.24) is 0 Å². The summed E-state index contributed by atoms with van der Waals surface area (Å²) in [6.45, 7) is 5.14. The highest BCUT2D eigenvalue weighted by molar-refractivity contribution is 5.97. The zero-order valence-corrected chi connectivity index (χ0v) is 10.9. The van der Waals surface area contributed by atoms with Crippen molar-refractivity contribution in [2.45, 2.75) is 39.5 Å². The first-order valence-electron chi connectivity index (χ1n) is 6.47. The highest BCUT2D eigenvalue weighted by Crippen LogP contribution is 2.07. The van der Waals surface area contributed by atoms with Gasteiger partial charge in [0, 0.05) is 12.2 Å². The average molecular weight is 234 g/mol. The van der Waals surface area contributed by atoms with Crippen molar-refractivity contribution in [3.05, 3.63) is 35.4 Å². The molecule has 0 amide bonds. The molecule has 0 N–H and O–H groups in total. The van der Waals surface area contributed by atoms with Gasteiger partial charge in [0.15, 0.2) is 5.78 Å². The number of aryl methyl sites for hydroxylation is 1. The largest absolute Gasteiger partial charge is 0.373 e. The predicted octanol–water partition coefficient (Wildman–Crippen LogP) is 3.64. The first-order valence-corrected chi connectivity index (χ1v) is 6.47. The SMILES string of the molecule is CCCCOCC(=O)c1ccc(CCC)cc1. The van der Waals surface area contributed by atoms with Crippen LogP contribution in [0.4, 0.5) is 0 Å². The molecular weight excluding hydrogens is 212 g/mol. The molecule has 2 nitrogen and oxygen atoms in total. The van der Waals surface area contributed by atoms with Crippen LogP contribution in [-0.2, 0) is 11.2 Å².